The van der Waals surface area contributed by atoms with Crippen molar-refractivity contribution in [3.05, 3.63) is 21.0 Å². The van der Waals surface area contributed by atoms with Crippen LogP contribution in [0.3, 0.4) is 0 Å². The predicted octanol–water partition coefficient (Wildman–Crippen LogP) is 4.08. The number of furan rings is 1. The van der Waals surface area contributed by atoms with E-state index in [1.54, 1.807) is 0 Å². The third kappa shape index (κ3) is 2.86. The standard InChI is InChI=1S/C11H15Br2NO/c1-7-3-2-4-10(7)14-6-8-5-9(12)11(13)15-8/h5,7,10,14H,2-4,6H2,1H3. The van der Waals surface area contributed by atoms with Crippen LogP contribution in [0.4, 0.5) is 0 Å². The lowest BCUT2D eigenvalue weighted by atomic mass is 10.1. The summed E-state index contributed by atoms with van der Waals surface area (Å²) in [4.78, 5) is 0. The zero-order valence-electron chi connectivity index (χ0n) is 8.72. The molecular weight excluding hydrogens is 322 g/mol. The first kappa shape index (κ1) is 11.7. The van der Waals surface area contributed by atoms with Gasteiger partial charge in [-0.1, -0.05) is 13.3 Å². The van der Waals surface area contributed by atoms with Gasteiger partial charge in [0.25, 0.3) is 0 Å². The van der Waals surface area contributed by atoms with Crippen molar-refractivity contribution in [2.75, 3.05) is 0 Å². The lowest BCUT2D eigenvalue weighted by molar-refractivity contribution is 0.391. The molecule has 1 saturated carbocycles. The van der Waals surface area contributed by atoms with Crippen LogP contribution in [-0.4, -0.2) is 6.04 Å². The van der Waals surface area contributed by atoms with Crippen LogP contribution in [0.15, 0.2) is 19.6 Å². The summed E-state index contributed by atoms with van der Waals surface area (Å²) in [5, 5.41) is 3.55. The molecule has 0 aliphatic heterocycles. The van der Waals surface area contributed by atoms with Gasteiger partial charge in [-0.15, -0.1) is 0 Å². The lowest BCUT2D eigenvalue weighted by Gasteiger charge is -2.15. The van der Waals surface area contributed by atoms with Crippen molar-refractivity contribution in [2.24, 2.45) is 5.92 Å². The molecule has 2 nitrogen and oxygen atoms in total. The van der Waals surface area contributed by atoms with Gasteiger partial charge in [-0.2, -0.15) is 0 Å². The normalized spacial score (nSPS) is 26.1. The fourth-order valence-electron chi connectivity index (χ4n) is 2.16. The van der Waals surface area contributed by atoms with Crippen molar-refractivity contribution in [3.63, 3.8) is 0 Å². The highest BCUT2D eigenvalue weighted by Gasteiger charge is 2.22. The Hall–Kier alpha value is 0.200. The molecule has 84 valence electrons. The molecule has 0 bridgehead atoms. The molecule has 15 heavy (non-hydrogen) atoms. The molecule has 1 aromatic rings. The molecule has 2 unspecified atom stereocenters. The van der Waals surface area contributed by atoms with Gasteiger partial charge in [0.15, 0.2) is 4.67 Å². The molecule has 2 rings (SSSR count). The van der Waals surface area contributed by atoms with E-state index in [9.17, 15) is 0 Å². The van der Waals surface area contributed by atoms with Crippen molar-refractivity contribution >= 4 is 31.9 Å². The van der Waals surface area contributed by atoms with Crippen LogP contribution in [-0.2, 0) is 6.54 Å². The minimum absolute atomic E-state index is 0.660. The molecule has 1 aliphatic carbocycles. The van der Waals surface area contributed by atoms with E-state index in [-0.39, 0.29) is 0 Å². The van der Waals surface area contributed by atoms with E-state index in [2.05, 4.69) is 44.1 Å². The summed E-state index contributed by atoms with van der Waals surface area (Å²) in [5.41, 5.74) is 0. The Bertz CT molecular complexity index is 318. The Morgan fingerprint density at radius 1 is 1.47 bits per heavy atom. The minimum Gasteiger partial charge on any atom is -0.452 e. The van der Waals surface area contributed by atoms with Crippen molar-refractivity contribution in [2.45, 2.75) is 38.8 Å². The van der Waals surface area contributed by atoms with Gasteiger partial charge in [-0.3, -0.25) is 0 Å². The first-order chi connectivity index (χ1) is 7.16. The van der Waals surface area contributed by atoms with Crippen LogP contribution in [0.5, 0.6) is 0 Å². The highest BCUT2D eigenvalue weighted by atomic mass is 79.9. The fraction of sp³-hybridized carbons (Fsp3) is 0.636. The van der Waals surface area contributed by atoms with Gasteiger partial charge in [0.05, 0.1) is 11.0 Å². The monoisotopic (exact) mass is 335 g/mol. The maximum absolute atomic E-state index is 5.52. The van der Waals surface area contributed by atoms with E-state index in [4.69, 9.17) is 4.42 Å². The van der Waals surface area contributed by atoms with Crippen LogP contribution >= 0.6 is 31.9 Å². The maximum Gasteiger partial charge on any atom is 0.183 e. The molecule has 1 aromatic heterocycles. The van der Waals surface area contributed by atoms with Gasteiger partial charge < -0.3 is 9.73 Å². The van der Waals surface area contributed by atoms with E-state index in [0.717, 1.165) is 27.4 Å². The number of halogens is 2. The van der Waals surface area contributed by atoms with Crippen molar-refractivity contribution < 1.29 is 4.42 Å². The molecule has 4 heteroatoms. The predicted molar refractivity (Wildman–Crippen MR) is 67.8 cm³/mol. The Labute approximate surface area is 107 Å². The molecular formula is C11H15Br2NO. The van der Waals surface area contributed by atoms with E-state index in [1.807, 2.05) is 6.07 Å². The number of rotatable bonds is 3. The SMILES string of the molecule is CC1CCCC1NCc1cc(Br)c(Br)o1. The smallest absolute Gasteiger partial charge is 0.183 e. The number of hydrogen-bond donors (Lipinski definition) is 1. The molecule has 1 fully saturated rings. The quantitative estimate of drug-likeness (QED) is 0.899. The van der Waals surface area contributed by atoms with E-state index >= 15 is 0 Å². The second-order valence-electron chi connectivity index (χ2n) is 4.23. The first-order valence-corrected chi connectivity index (χ1v) is 6.92. The molecule has 1 N–H and O–H groups in total. The summed E-state index contributed by atoms with van der Waals surface area (Å²) in [7, 11) is 0. The van der Waals surface area contributed by atoms with Gasteiger partial charge in [0.1, 0.15) is 5.76 Å². The summed E-state index contributed by atoms with van der Waals surface area (Å²) in [6.45, 7) is 3.14. The molecule has 0 radical (unpaired) electrons. The third-order valence-corrected chi connectivity index (χ3v) is 4.81. The fourth-order valence-corrected chi connectivity index (χ4v) is 2.82. The van der Waals surface area contributed by atoms with E-state index in [0.29, 0.717) is 6.04 Å². The van der Waals surface area contributed by atoms with Crippen molar-refractivity contribution in [3.8, 4) is 0 Å². The van der Waals surface area contributed by atoms with Crippen molar-refractivity contribution in [1.29, 1.82) is 0 Å². The maximum atomic E-state index is 5.52. The summed E-state index contributed by atoms with van der Waals surface area (Å²) in [6, 6.07) is 2.67. The van der Waals surface area contributed by atoms with E-state index in [1.165, 1.54) is 19.3 Å². The minimum atomic E-state index is 0.660. The van der Waals surface area contributed by atoms with Crippen LogP contribution in [0.25, 0.3) is 0 Å². The van der Waals surface area contributed by atoms with Crippen LogP contribution in [0.1, 0.15) is 31.9 Å². The highest BCUT2D eigenvalue weighted by Crippen LogP contribution is 2.28. The molecule has 0 saturated heterocycles. The molecule has 1 aliphatic rings. The Kier molecular flexibility index (Phi) is 3.91. The van der Waals surface area contributed by atoms with Gasteiger partial charge in [0.2, 0.25) is 0 Å². The third-order valence-electron chi connectivity index (χ3n) is 3.10. The summed E-state index contributed by atoms with van der Waals surface area (Å²) in [6.07, 6.45) is 4.00. The van der Waals surface area contributed by atoms with Gasteiger partial charge >= 0.3 is 0 Å². The zero-order chi connectivity index (χ0) is 10.8. The molecule has 0 amide bonds. The van der Waals surface area contributed by atoms with Crippen LogP contribution in [0.2, 0.25) is 0 Å². The topological polar surface area (TPSA) is 25.2 Å². The van der Waals surface area contributed by atoms with Gasteiger partial charge in [-0.25, -0.2) is 0 Å². The van der Waals surface area contributed by atoms with Crippen LogP contribution < -0.4 is 5.32 Å². The molecule has 0 spiro atoms. The number of nitrogens with one attached hydrogen (secondary N) is 1. The molecule has 2 atom stereocenters. The van der Waals surface area contributed by atoms with Gasteiger partial charge in [-0.05, 0) is 56.7 Å². The summed E-state index contributed by atoms with van der Waals surface area (Å²) in [5.74, 6) is 1.78. The number of hydrogen-bond acceptors (Lipinski definition) is 2. The molecule has 0 aromatic carbocycles. The highest BCUT2D eigenvalue weighted by molar-refractivity contribution is 9.13. The summed E-state index contributed by atoms with van der Waals surface area (Å²) >= 11 is 6.75. The van der Waals surface area contributed by atoms with E-state index < -0.39 is 0 Å². The first-order valence-electron chi connectivity index (χ1n) is 5.34. The van der Waals surface area contributed by atoms with Crippen molar-refractivity contribution in [1.82, 2.24) is 5.32 Å². The average Bonchev–Trinajstić information content (AvgIpc) is 2.72. The summed E-state index contributed by atoms with van der Waals surface area (Å²) < 4.78 is 7.28. The Balaban J connectivity index is 1.87. The second kappa shape index (κ2) is 5.02. The Morgan fingerprint density at radius 3 is 2.80 bits per heavy atom. The second-order valence-corrected chi connectivity index (χ2v) is 5.80. The average molecular weight is 337 g/mol. The molecule has 1 heterocycles. The van der Waals surface area contributed by atoms with Crippen LogP contribution in [0, 0.1) is 5.92 Å². The zero-order valence-corrected chi connectivity index (χ0v) is 11.9. The van der Waals surface area contributed by atoms with Gasteiger partial charge in [0, 0.05) is 6.04 Å². The lowest BCUT2D eigenvalue weighted by Crippen LogP contribution is -2.30. The Morgan fingerprint density at radius 2 is 2.27 bits per heavy atom. The largest absolute Gasteiger partial charge is 0.452 e.